The lowest BCUT2D eigenvalue weighted by Gasteiger charge is -2.04. The highest BCUT2D eigenvalue weighted by Crippen LogP contribution is 2.56. The third-order valence-corrected chi connectivity index (χ3v) is 4.47. The smallest absolute Gasteiger partial charge is 0.169 e. The van der Waals surface area contributed by atoms with Gasteiger partial charge in [0.05, 0.1) is 5.56 Å². The molecule has 96 valence electrons. The molecule has 0 spiro atoms. The Labute approximate surface area is 105 Å². The van der Waals surface area contributed by atoms with Crippen molar-refractivity contribution in [2.24, 2.45) is 17.8 Å². The predicted molar refractivity (Wildman–Crippen MR) is 64.4 cm³/mol. The van der Waals surface area contributed by atoms with Crippen molar-refractivity contribution in [1.82, 2.24) is 0 Å². The Morgan fingerprint density at radius 1 is 1.11 bits per heavy atom. The van der Waals surface area contributed by atoms with Crippen LogP contribution in [0.3, 0.4) is 0 Å². The van der Waals surface area contributed by atoms with Crippen molar-refractivity contribution in [3.63, 3.8) is 0 Å². The predicted octanol–water partition coefficient (Wildman–Crippen LogP) is 3.89. The number of carbonyl (C=O) groups excluding carboxylic acids is 1. The fourth-order valence-electron chi connectivity index (χ4n) is 3.40. The maximum Gasteiger partial charge on any atom is 0.169 e. The van der Waals surface area contributed by atoms with Crippen LogP contribution in [-0.4, -0.2) is 5.78 Å². The third-order valence-electron chi connectivity index (χ3n) is 4.47. The molecule has 1 aromatic carbocycles. The fourth-order valence-corrected chi connectivity index (χ4v) is 3.40. The molecule has 0 N–H and O–H groups in total. The number of aryl methyl sites for hydroxylation is 1. The minimum Gasteiger partial charge on any atom is -0.294 e. The molecule has 2 atom stereocenters. The van der Waals surface area contributed by atoms with E-state index in [1.165, 1.54) is 6.92 Å². The van der Waals surface area contributed by atoms with Crippen molar-refractivity contribution in [1.29, 1.82) is 0 Å². The van der Waals surface area contributed by atoms with E-state index in [4.69, 9.17) is 0 Å². The van der Waals surface area contributed by atoms with Crippen LogP contribution in [0.2, 0.25) is 0 Å². The molecule has 3 heteroatoms. The largest absolute Gasteiger partial charge is 0.294 e. The van der Waals surface area contributed by atoms with Crippen molar-refractivity contribution in [3.8, 4) is 0 Å². The summed E-state index contributed by atoms with van der Waals surface area (Å²) in [5, 5.41) is 0. The zero-order chi connectivity index (χ0) is 12.9. The summed E-state index contributed by atoms with van der Waals surface area (Å²) in [6.07, 6.45) is 4.46. The molecule has 2 fully saturated rings. The molecule has 0 aromatic heterocycles. The molecule has 1 aromatic rings. The van der Waals surface area contributed by atoms with Gasteiger partial charge in [-0.25, -0.2) is 8.78 Å². The van der Waals surface area contributed by atoms with Gasteiger partial charge in [0.15, 0.2) is 5.78 Å². The van der Waals surface area contributed by atoms with E-state index in [9.17, 15) is 13.6 Å². The molecule has 3 rings (SSSR count). The van der Waals surface area contributed by atoms with Gasteiger partial charge in [-0.05, 0) is 49.3 Å². The maximum atomic E-state index is 13.8. The summed E-state index contributed by atoms with van der Waals surface area (Å²) >= 11 is 0. The summed E-state index contributed by atoms with van der Waals surface area (Å²) in [5.41, 5.74) is 0.190. The minimum absolute atomic E-state index is 0.0518. The number of benzene rings is 1. The van der Waals surface area contributed by atoms with E-state index < -0.39 is 11.6 Å². The second-order valence-electron chi connectivity index (χ2n) is 5.58. The lowest BCUT2D eigenvalue weighted by Crippen LogP contribution is -2.08. The van der Waals surface area contributed by atoms with Crippen LogP contribution in [-0.2, 0) is 0 Å². The minimum atomic E-state index is -0.581. The number of hydrogen-bond acceptors (Lipinski definition) is 1. The zero-order valence-corrected chi connectivity index (χ0v) is 10.4. The molecule has 18 heavy (non-hydrogen) atoms. The normalized spacial score (nSPS) is 29.8. The molecule has 2 aliphatic rings. The topological polar surface area (TPSA) is 17.1 Å². The first-order valence-electron chi connectivity index (χ1n) is 6.59. The number of hydrogen-bond donors (Lipinski definition) is 0. The van der Waals surface area contributed by atoms with Crippen molar-refractivity contribution in [2.75, 3.05) is 0 Å². The molecule has 0 saturated heterocycles. The number of carbonyl (C=O) groups is 1. The van der Waals surface area contributed by atoms with Gasteiger partial charge in [-0.2, -0.15) is 0 Å². The first-order chi connectivity index (χ1) is 8.59. The molecule has 2 saturated carbocycles. The summed E-state index contributed by atoms with van der Waals surface area (Å²) < 4.78 is 27.2. The number of Topliss-reactive ketones (excluding diaryl/α,β-unsaturated/α-hetero) is 1. The fraction of sp³-hybridized carbons (Fsp3) is 0.533. The average molecular weight is 250 g/mol. The van der Waals surface area contributed by atoms with Crippen LogP contribution in [0.5, 0.6) is 0 Å². The van der Waals surface area contributed by atoms with E-state index in [1.54, 1.807) is 0 Å². The van der Waals surface area contributed by atoms with Gasteiger partial charge >= 0.3 is 0 Å². The SMILES string of the molecule is Cc1cc(F)c(C(=O)C2C3CCCCC32)cc1F. The van der Waals surface area contributed by atoms with Gasteiger partial charge in [-0.15, -0.1) is 0 Å². The molecule has 2 aliphatic carbocycles. The van der Waals surface area contributed by atoms with Gasteiger partial charge in [0.25, 0.3) is 0 Å². The van der Waals surface area contributed by atoms with Gasteiger partial charge in [-0.3, -0.25) is 4.79 Å². The molecule has 0 radical (unpaired) electrons. The van der Waals surface area contributed by atoms with Crippen LogP contribution in [0.15, 0.2) is 12.1 Å². The number of fused-ring (bicyclic) bond motifs is 1. The van der Waals surface area contributed by atoms with Crippen LogP contribution >= 0.6 is 0 Å². The zero-order valence-electron chi connectivity index (χ0n) is 10.4. The number of halogens is 2. The van der Waals surface area contributed by atoms with E-state index >= 15 is 0 Å². The highest BCUT2D eigenvalue weighted by Gasteiger charge is 2.54. The summed E-state index contributed by atoms with van der Waals surface area (Å²) in [7, 11) is 0. The molecule has 0 amide bonds. The Morgan fingerprint density at radius 2 is 1.72 bits per heavy atom. The highest BCUT2D eigenvalue weighted by molar-refractivity contribution is 6.00. The van der Waals surface area contributed by atoms with Crippen molar-refractivity contribution >= 4 is 5.78 Å². The summed E-state index contributed by atoms with van der Waals surface area (Å²) in [5.74, 6) is -0.469. The molecule has 0 heterocycles. The monoisotopic (exact) mass is 250 g/mol. The van der Waals surface area contributed by atoms with E-state index in [0.29, 0.717) is 11.8 Å². The lowest BCUT2D eigenvalue weighted by atomic mass is 10.0. The molecule has 2 unspecified atom stereocenters. The Morgan fingerprint density at radius 3 is 2.33 bits per heavy atom. The van der Waals surface area contributed by atoms with Crippen LogP contribution in [0.4, 0.5) is 8.78 Å². The van der Waals surface area contributed by atoms with Crippen LogP contribution < -0.4 is 0 Å². The van der Waals surface area contributed by atoms with Crippen molar-refractivity contribution in [3.05, 3.63) is 34.9 Å². The maximum absolute atomic E-state index is 13.8. The van der Waals surface area contributed by atoms with Gasteiger partial charge in [-0.1, -0.05) is 12.8 Å². The van der Waals surface area contributed by atoms with Crippen molar-refractivity contribution in [2.45, 2.75) is 32.6 Å². The van der Waals surface area contributed by atoms with Gasteiger partial charge in [0, 0.05) is 5.92 Å². The van der Waals surface area contributed by atoms with E-state index in [2.05, 4.69) is 0 Å². The standard InChI is InChI=1S/C15H16F2O/c1-8-6-13(17)11(7-12(8)16)15(18)14-9-4-2-3-5-10(9)14/h6-7,9-10,14H,2-5H2,1H3. The van der Waals surface area contributed by atoms with Crippen LogP contribution in [0.25, 0.3) is 0 Å². The quantitative estimate of drug-likeness (QED) is 0.728. The van der Waals surface area contributed by atoms with Crippen LogP contribution in [0.1, 0.15) is 41.6 Å². The van der Waals surface area contributed by atoms with Crippen molar-refractivity contribution < 1.29 is 13.6 Å². The summed E-state index contributed by atoms with van der Waals surface area (Å²) in [6.45, 7) is 1.50. The first-order valence-corrected chi connectivity index (χ1v) is 6.59. The number of ketones is 1. The van der Waals surface area contributed by atoms with Gasteiger partial charge < -0.3 is 0 Å². The molecule has 1 nitrogen and oxygen atoms in total. The Kier molecular flexibility index (Phi) is 2.72. The molecular formula is C15H16F2O. The molecular weight excluding hydrogens is 234 g/mol. The second kappa shape index (κ2) is 4.15. The highest BCUT2D eigenvalue weighted by atomic mass is 19.1. The van der Waals surface area contributed by atoms with Crippen LogP contribution in [0, 0.1) is 36.3 Å². The van der Waals surface area contributed by atoms with E-state index in [-0.39, 0.29) is 22.8 Å². The van der Waals surface area contributed by atoms with Gasteiger partial charge in [0.2, 0.25) is 0 Å². The molecule has 0 bridgehead atoms. The number of rotatable bonds is 2. The molecule has 0 aliphatic heterocycles. The third kappa shape index (κ3) is 1.76. The van der Waals surface area contributed by atoms with Gasteiger partial charge in [0.1, 0.15) is 11.6 Å². The summed E-state index contributed by atoms with van der Waals surface area (Å²) in [4.78, 5) is 12.3. The second-order valence-corrected chi connectivity index (χ2v) is 5.58. The Balaban J connectivity index is 1.87. The first kappa shape index (κ1) is 11.8. The summed E-state index contributed by atoms with van der Waals surface area (Å²) in [6, 6.07) is 2.19. The average Bonchev–Trinajstić information content (AvgIpc) is 3.07. The Hall–Kier alpha value is -1.25. The lowest BCUT2D eigenvalue weighted by molar-refractivity contribution is 0.0952. The van der Waals surface area contributed by atoms with E-state index in [0.717, 1.165) is 37.8 Å². The Bertz CT molecular complexity index is 497. The van der Waals surface area contributed by atoms with E-state index in [1.807, 2.05) is 0 Å².